The summed E-state index contributed by atoms with van der Waals surface area (Å²) >= 11 is 1.78. The molecule has 21 heavy (non-hydrogen) atoms. The predicted octanol–water partition coefficient (Wildman–Crippen LogP) is 2.39. The second-order valence-corrected chi connectivity index (χ2v) is 6.48. The number of hydrogen-bond acceptors (Lipinski definition) is 5. The normalized spacial score (nSPS) is 17.9. The van der Waals surface area contributed by atoms with E-state index in [1.54, 1.807) is 11.8 Å². The Morgan fingerprint density at radius 1 is 1.38 bits per heavy atom. The molecule has 0 radical (unpaired) electrons. The van der Waals surface area contributed by atoms with E-state index in [0.717, 1.165) is 55.0 Å². The van der Waals surface area contributed by atoms with Crippen molar-refractivity contribution in [1.82, 2.24) is 20.1 Å². The van der Waals surface area contributed by atoms with E-state index in [2.05, 4.69) is 38.5 Å². The van der Waals surface area contributed by atoms with Gasteiger partial charge < -0.3 is 14.3 Å². The Kier molecular flexibility index (Phi) is 4.65. The van der Waals surface area contributed by atoms with Gasteiger partial charge in [0.05, 0.1) is 12.3 Å². The molecule has 0 aliphatic carbocycles. The Morgan fingerprint density at radius 2 is 2.24 bits per heavy atom. The molecule has 2 aromatic heterocycles. The lowest BCUT2D eigenvalue weighted by Gasteiger charge is -2.24. The maximum atomic E-state index is 5.77. The molecule has 0 bridgehead atoms. The number of hydrogen-bond donors (Lipinski definition) is 1. The van der Waals surface area contributed by atoms with Crippen molar-refractivity contribution in [1.29, 1.82) is 0 Å². The molecule has 0 saturated heterocycles. The molecule has 114 valence electrons. The highest BCUT2D eigenvalue weighted by molar-refractivity contribution is 7.97. The fourth-order valence-corrected chi connectivity index (χ4v) is 3.27. The summed E-state index contributed by atoms with van der Waals surface area (Å²) in [6.07, 6.45) is 4.30. The van der Waals surface area contributed by atoms with E-state index in [1.165, 1.54) is 6.42 Å². The number of nitrogens with zero attached hydrogens (tertiary/aromatic N) is 3. The van der Waals surface area contributed by atoms with Crippen LogP contribution < -0.4 is 5.32 Å². The molecular formula is C15H22N4OS. The van der Waals surface area contributed by atoms with Crippen LogP contribution in [0.15, 0.2) is 16.5 Å². The molecule has 0 spiro atoms. The molecule has 1 atom stereocenters. The highest BCUT2D eigenvalue weighted by Crippen LogP contribution is 2.19. The SMILES string of the molecule is CSCc1ccc(CNC[C@@H]2CCc3nnc(C)n3C2)o1. The van der Waals surface area contributed by atoms with Gasteiger partial charge in [-0.15, -0.1) is 10.2 Å². The molecule has 1 N–H and O–H groups in total. The van der Waals surface area contributed by atoms with Crippen molar-refractivity contribution in [2.45, 2.75) is 38.6 Å². The van der Waals surface area contributed by atoms with Crippen molar-refractivity contribution in [3.8, 4) is 0 Å². The highest BCUT2D eigenvalue weighted by atomic mass is 32.2. The molecule has 1 aliphatic rings. The third-order valence-corrected chi connectivity index (χ3v) is 4.54. The van der Waals surface area contributed by atoms with Gasteiger partial charge in [-0.3, -0.25) is 0 Å². The van der Waals surface area contributed by atoms with Crippen LogP contribution in [-0.2, 0) is 25.3 Å². The van der Waals surface area contributed by atoms with Crippen LogP contribution in [0.1, 0.15) is 29.6 Å². The van der Waals surface area contributed by atoms with E-state index < -0.39 is 0 Å². The van der Waals surface area contributed by atoms with Crippen molar-refractivity contribution in [2.24, 2.45) is 5.92 Å². The Morgan fingerprint density at radius 3 is 3.10 bits per heavy atom. The van der Waals surface area contributed by atoms with Gasteiger partial charge in [0.2, 0.25) is 0 Å². The molecular weight excluding hydrogens is 284 g/mol. The summed E-state index contributed by atoms with van der Waals surface area (Å²) in [5.41, 5.74) is 0. The minimum Gasteiger partial charge on any atom is -0.464 e. The zero-order valence-electron chi connectivity index (χ0n) is 12.6. The quantitative estimate of drug-likeness (QED) is 0.888. The summed E-state index contributed by atoms with van der Waals surface area (Å²) in [7, 11) is 0. The van der Waals surface area contributed by atoms with Gasteiger partial charge in [0, 0.05) is 19.5 Å². The monoisotopic (exact) mass is 306 g/mol. The van der Waals surface area contributed by atoms with Gasteiger partial charge in [0.15, 0.2) is 0 Å². The largest absolute Gasteiger partial charge is 0.464 e. The molecule has 6 heteroatoms. The van der Waals surface area contributed by atoms with Crippen molar-refractivity contribution >= 4 is 11.8 Å². The summed E-state index contributed by atoms with van der Waals surface area (Å²) in [6.45, 7) is 4.87. The molecule has 3 rings (SSSR count). The Hall–Kier alpha value is -1.27. The van der Waals surface area contributed by atoms with E-state index in [-0.39, 0.29) is 0 Å². The number of fused-ring (bicyclic) bond motifs is 1. The number of aryl methyl sites for hydroxylation is 2. The van der Waals surface area contributed by atoms with Crippen LogP contribution >= 0.6 is 11.8 Å². The molecule has 1 aliphatic heterocycles. The zero-order chi connectivity index (χ0) is 14.7. The predicted molar refractivity (Wildman–Crippen MR) is 84.2 cm³/mol. The van der Waals surface area contributed by atoms with Crippen molar-refractivity contribution < 1.29 is 4.42 Å². The summed E-state index contributed by atoms with van der Waals surface area (Å²) < 4.78 is 8.02. The molecule has 3 heterocycles. The lowest BCUT2D eigenvalue weighted by atomic mass is 9.99. The maximum Gasteiger partial charge on any atom is 0.133 e. The van der Waals surface area contributed by atoms with Gasteiger partial charge in [0.1, 0.15) is 23.2 Å². The number of aromatic nitrogens is 3. The fraction of sp³-hybridized carbons (Fsp3) is 0.600. The summed E-state index contributed by atoms with van der Waals surface area (Å²) in [6, 6.07) is 4.14. The molecule has 0 aromatic carbocycles. The first kappa shape index (κ1) is 14.7. The number of rotatable bonds is 6. The summed E-state index contributed by atoms with van der Waals surface area (Å²) in [4.78, 5) is 0. The third kappa shape index (κ3) is 3.49. The van der Waals surface area contributed by atoms with Gasteiger partial charge in [0.25, 0.3) is 0 Å². The van der Waals surface area contributed by atoms with Gasteiger partial charge in [-0.05, 0) is 37.7 Å². The molecule has 2 aromatic rings. The lowest BCUT2D eigenvalue weighted by Crippen LogP contribution is -2.30. The third-order valence-electron chi connectivity index (χ3n) is 3.97. The van der Waals surface area contributed by atoms with E-state index in [9.17, 15) is 0 Å². The first-order valence-corrected chi connectivity index (χ1v) is 8.81. The summed E-state index contributed by atoms with van der Waals surface area (Å²) in [5, 5.41) is 11.9. The van der Waals surface area contributed by atoms with Crippen LogP contribution in [0.2, 0.25) is 0 Å². The minimum atomic E-state index is 0.646. The van der Waals surface area contributed by atoms with Gasteiger partial charge in [-0.1, -0.05) is 0 Å². The minimum absolute atomic E-state index is 0.646. The van der Waals surface area contributed by atoms with Gasteiger partial charge in [-0.25, -0.2) is 0 Å². The fourth-order valence-electron chi connectivity index (χ4n) is 2.83. The average Bonchev–Trinajstić information content (AvgIpc) is 3.07. The molecule has 0 unspecified atom stereocenters. The van der Waals surface area contributed by atoms with Crippen LogP contribution in [0.25, 0.3) is 0 Å². The highest BCUT2D eigenvalue weighted by Gasteiger charge is 2.21. The van der Waals surface area contributed by atoms with Crippen LogP contribution in [-0.4, -0.2) is 27.6 Å². The Labute approximate surface area is 129 Å². The van der Waals surface area contributed by atoms with E-state index in [0.29, 0.717) is 5.92 Å². The molecule has 0 fully saturated rings. The van der Waals surface area contributed by atoms with Gasteiger partial charge in [-0.2, -0.15) is 11.8 Å². The standard InChI is InChI=1S/C15H22N4OS/c1-11-17-18-15-6-3-12(9-19(11)15)7-16-8-13-4-5-14(20-13)10-21-2/h4-5,12,16H,3,6-10H2,1-2H3/t12-/m0/s1. The second-order valence-electron chi connectivity index (χ2n) is 5.61. The van der Waals surface area contributed by atoms with Crippen LogP contribution in [0.4, 0.5) is 0 Å². The summed E-state index contributed by atoms with van der Waals surface area (Å²) in [5.74, 6) is 5.84. The maximum absolute atomic E-state index is 5.77. The van der Waals surface area contributed by atoms with Crippen LogP contribution in [0, 0.1) is 12.8 Å². The van der Waals surface area contributed by atoms with E-state index >= 15 is 0 Å². The number of nitrogens with one attached hydrogen (secondary N) is 1. The molecule has 5 nitrogen and oxygen atoms in total. The van der Waals surface area contributed by atoms with Crippen LogP contribution in [0.3, 0.4) is 0 Å². The zero-order valence-corrected chi connectivity index (χ0v) is 13.4. The van der Waals surface area contributed by atoms with Crippen molar-refractivity contribution in [3.05, 3.63) is 35.3 Å². The first-order chi connectivity index (χ1) is 10.3. The van der Waals surface area contributed by atoms with Crippen LogP contribution in [0.5, 0.6) is 0 Å². The lowest BCUT2D eigenvalue weighted by molar-refractivity contribution is 0.337. The number of thioether (sulfide) groups is 1. The average molecular weight is 306 g/mol. The Balaban J connectivity index is 1.46. The van der Waals surface area contributed by atoms with Crippen molar-refractivity contribution in [3.63, 3.8) is 0 Å². The second kappa shape index (κ2) is 6.66. The van der Waals surface area contributed by atoms with E-state index in [1.807, 2.05) is 6.92 Å². The molecule has 0 amide bonds. The van der Waals surface area contributed by atoms with E-state index in [4.69, 9.17) is 4.42 Å². The smallest absolute Gasteiger partial charge is 0.133 e. The topological polar surface area (TPSA) is 55.9 Å². The first-order valence-electron chi connectivity index (χ1n) is 7.42. The molecule has 0 saturated carbocycles. The number of furan rings is 1. The van der Waals surface area contributed by atoms with Crippen molar-refractivity contribution in [2.75, 3.05) is 12.8 Å². The van der Waals surface area contributed by atoms with Gasteiger partial charge >= 0.3 is 0 Å². The Bertz CT molecular complexity index is 592.